The summed E-state index contributed by atoms with van der Waals surface area (Å²) >= 11 is 0. The zero-order valence-electron chi connectivity index (χ0n) is 7.10. The van der Waals surface area contributed by atoms with Gasteiger partial charge in [-0.2, -0.15) is 5.10 Å². The Hall–Kier alpha value is -1.52. The van der Waals surface area contributed by atoms with Crippen LogP contribution in [0.2, 0.25) is 0 Å². The van der Waals surface area contributed by atoms with E-state index in [0.717, 1.165) is 0 Å². The lowest BCUT2D eigenvalue weighted by molar-refractivity contribution is 0.0684. The topological polar surface area (TPSA) is 81.1 Å². The largest absolute Gasteiger partial charge is 0.476 e. The number of hydrogen-bond donors (Lipinski definition) is 2. The van der Waals surface area contributed by atoms with Crippen molar-refractivity contribution < 1.29 is 9.90 Å². The molecule has 5 heteroatoms. The number of nitrogen functional groups attached to an aromatic ring is 1. The fourth-order valence-electron chi connectivity index (χ4n) is 1.32. The molecule has 0 atom stereocenters. The van der Waals surface area contributed by atoms with E-state index in [1.54, 1.807) is 0 Å². The highest BCUT2D eigenvalue weighted by molar-refractivity contribution is 5.91. The van der Waals surface area contributed by atoms with Crippen LogP contribution in [-0.4, -0.2) is 20.9 Å². The van der Waals surface area contributed by atoms with Gasteiger partial charge in [-0.25, -0.2) is 4.79 Å². The number of rotatable bonds is 3. The van der Waals surface area contributed by atoms with E-state index in [2.05, 4.69) is 5.10 Å². The summed E-state index contributed by atoms with van der Waals surface area (Å²) in [6.07, 6.45) is 3.73. The van der Waals surface area contributed by atoms with Crippen LogP contribution >= 0.6 is 0 Å². The van der Waals surface area contributed by atoms with Gasteiger partial charge in [-0.15, -0.1) is 0 Å². The van der Waals surface area contributed by atoms with Crippen molar-refractivity contribution in [1.82, 2.24) is 9.78 Å². The number of nitrogens with two attached hydrogens (primary N) is 1. The Morgan fingerprint density at radius 3 is 3.00 bits per heavy atom. The molecule has 1 aliphatic carbocycles. The van der Waals surface area contributed by atoms with Gasteiger partial charge in [0.1, 0.15) is 0 Å². The van der Waals surface area contributed by atoms with E-state index >= 15 is 0 Å². The zero-order chi connectivity index (χ0) is 9.42. The predicted octanol–water partition coefficient (Wildman–Crippen LogP) is 0.573. The number of carboxylic acid groups (broad SMARTS) is 1. The van der Waals surface area contributed by atoms with Crippen LogP contribution in [0.5, 0.6) is 0 Å². The summed E-state index contributed by atoms with van der Waals surface area (Å²) in [6, 6.07) is 0. The summed E-state index contributed by atoms with van der Waals surface area (Å²) in [4.78, 5) is 10.8. The number of hydrogen-bond acceptors (Lipinski definition) is 3. The Balaban J connectivity index is 2.27. The second-order valence-electron chi connectivity index (χ2n) is 3.38. The molecule has 0 unspecified atom stereocenters. The number of anilines is 1. The third kappa shape index (κ3) is 1.49. The first kappa shape index (κ1) is 8.10. The van der Waals surface area contributed by atoms with E-state index < -0.39 is 5.97 Å². The molecule has 1 saturated carbocycles. The molecule has 0 amide bonds. The fourth-order valence-corrected chi connectivity index (χ4v) is 1.32. The first-order chi connectivity index (χ1) is 6.18. The summed E-state index contributed by atoms with van der Waals surface area (Å²) in [5.41, 5.74) is 5.84. The van der Waals surface area contributed by atoms with Crippen LogP contribution in [0.1, 0.15) is 23.3 Å². The summed E-state index contributed by atoms with van der Waals surface area (Å²) in [5.74, 6) is -0.409. The molecule has 0 spiro atoms. The molecule has 0 bridgehead atoms. The van der Waals surface area contributed by atoms with Crippen molar-refractivity contribution in [2.45, 2.75) is 19.4 Å². The quantitative estimate of drug-likeness (QED) is 0.714. The molecule has 0 aromatic carbocycles. The molecule has 1 aliphatic rings. The maximum Gasteiger partial charge on any atom is 0.356 e. The van der Waals surface area contributed by atoms with Gasteiger partial charge < -0.3 is 10.8 Å². The van der Waals surface area contributed by atoms with E-state index in [-0.39, 0.29) is 11.4 Å². The molecule has 3 N–H and O–H groups in total. The van der Waals surface area contributed by atoms with Crippen molar-refractivity contribution >= 4 is 11.7 Å². The molecular weight excluding hydrogens is 170 g/mol. The van der Waals surface area contributed by atoms with Crippen LogP contribution in [0.4, 0.5) is 5.69 Å². The lowest BCUT2D eigenvalue weighted by Crippen LogP contribution is -2.12. The van der Waals surface area contributed by atoms with Crippen molar-refractivity contribution in [3.05, 3.63) is 11.9 Å². The average molecular weight is 181 g/mol. The fraction of sp³-hybridized carbons (Fsp3) is 0.500. The molecule has 1 fully saturated rings. The highest BCUT2D eigenvalue weighted by Crippen LogP contribution is 2.31. The first-order valence-corrected chi connectivity index (χ1v) is 4.23. The molecule has 0 saturated heterocycles. The summed E-state index contributed by atoms with van der Waals surface area (Å²) < 4.78 is 1.48. The maximum absolute atomic E-state index is 10.8. The second-order valence-corrected chi connectivity index (χ2v) is 3.38. The van der Waals surface area contributed by atoms with Crippen molar-refractivity contribution in [3.63, 3.8) is 0 Å². The Morgan fingerprint density at radius 1 is 1.77 bits per heavy atom. The second kappa shape index (κ2) is 2.76. The van der Waals surface area contributed by atoms with Gasteiger partial charge in [0.25, 0.3) is 0 Å². The van der Waals surface area contributed by atoms with Gasteiger partial charge in [0.2, 0.25) is 0 Å². The van der Waals surface area contributed by atoms with E-state index in [1.165, 1.54) is 23.7 Å². The van der Waals surface area contributed by atoms with E-state index in [0.29, 0.717) is 12.5 Å². The van der Waals surface area contributed by atoms with E-state index in [1.807, 2.05) is 0 Å². The SMILES string of the molecule is Nc1cnn(CC2CC2)c1C(=O)O. The number of carboxylic acids is 1. The molecular formula is C8H11N3O2. The Bertz CT molecular complexity index is 341. The minimum Gasteiger partial charge on any atom is -0.476 e. The number of aromatic carboxylic acids is 1. The lowest BCUT2D eigenvalue weighted by Gasteiger charge is -2.02. The highest BCUT2D eigenvalue weighted by atomic mass is 16.4. The van der Waals surface area contributed by atoms with Crippen LogP contribution in [0.15, 0.2) is 6.20 Å². The Morgan fingerprint density at radius 2 is 2.46 bits per heavy atom. The van der Waals surface area contributed by atoms with Gasteiger partial charge in [0, 0.05) is 6.54 Å². The predicted molar refractivity (Wildman–Crippen MR) is 46.3 cm³/mol. The van der Waals surface area contributed by atoms with Crippen molar-refractivity contribution in [3.8, 4) is 0 Å². The molecule has 13 heavy (non-hydrogen) atoms. The number of aromatic nitrogens is 2. The van der Waals surface area contributed by atoms with Crippen molar-refractivity contribution in [2.75, 3.05) is 5.73 Å². The molecule has 0 aliphatic heterocycles. The Labute approximate surface area is 75.2 Å². The molecule has 70 valence electrons. The van der Waals surface area contributed by atoms with Gasteiger partial charge >= 0.3 is 5.97 Å². The standard InChI is InChI=1S/C8H11N3O2/c9-6-3-10-11(4-5-1-2-5)7(6)8(12)13/h3,5H,1-2,4,9H2,(H,12,13). The molecule has 1 heterocycles. The van der Waals surface area contributed by atoms with Crippen LogP contribution in [-0.2, 0) is 6.54 Å². The number of carbonyl (C=O) groups is 1. The maximum atomic E-state index is 10.8. The Kier molecular flexibility index (Phi) is 1.72. The average Bonchev–Trinajstić information content (AvgIpc) is 2.76. The van der Waals surface area contributed by atoms with E-state index in [4.69, 9.17) is 10.8 Å². The zero-order valence-corrected chi connectivity index (χ0v) is 7.10. The lowest BCUT2D eigenvalue weighted by atomic mass is 10.3. The molecule has 1 aromatic heterocycles. The normalized spacial score (nSPS) is 16.0. The van der Waals surface area contributed by atoms with E-state index in [9.17, 15) is 4.79 Å². The number of nitrogens with zero attached hydrogens (tertiary/aromatic N) is 2. The van der Waals surface area contributed by atoms with Gasteiger partial charge in [-0.1, -0.05) is 0 Å². The molecule has 5 nitrogen and oxygen atoms in total. The van der Waals surface area contributed by atoms with Crippen molar-refractivity contribution in [2.24, 2.45) is 5.92 Å². The minimum absolute atomic E-state index is 0.118. The summed E-state index contributed by atoms with van der Waals surface area (Å²) in [6.45, 7) is 0.679. The smallest absolute Gasteiger partial charge is 0.356 e. The summed E-state index contributed by atoms with van der Waals surface area (Å²) in [7, 11) is 0. The minimum atomic E-state index is -1.00. The van der Waals surface area contributed by atoms with Gasteiger partial charge in [0.05, 0.1) is 11.9 Å². The van der Waals surface area contributed by atoms with Crippen LogP contribution in [0.3, 0.4) is 0 Å². The van der Waals surface area contributed by atoms with Crippen LogP contribution in [0, 0.1) is 5.92 Å². The van der Waals surface area contributed by atoms with Gasteiger partial charge in [-0.05, 0) is 18.8 Å². The summed E-state index contributed by atoms with van der Waals surface area (Å²) in [5, 5.41) is 12.8. The van der Waals surface area contributed by atoms with Crippen LogP contribution in [0.25, 0.3) is 0 Å². The first-order valence-electron chi connectivity index (χ1n) is 4.23. The third-order valence-corrected chi connectivity index (χ3v) is 2.20. The van der Waals surface area contributed by atoms with Gasteiger partial charge in [-0.3, -0.25) is 4.68 Å². The van der Waals surface area contributed by atoms with Gasteiger partial charge in [0.15, 0.2) is 5.69 Å². The molecule has 2 rings (SSSR count). The van der Waals surface area contributed by atoms with Crippen molar-refractivity contribution in [1.29, 1.82) is 0 Å². The molecule has 0 radical (unpaired) electrons. The monoisotopic (exact) mass is 181 g/mol. The highest BCUT2D eigenvalue weighted by Gasteiger charge is 2.25. The molecule has 1 aromatic rings. The van der Waals surface area contributed by atoms with Crippen LogP contribution < -0.4 is 5.73 Å². The third-order valence-electron chi connectivity index (χ3n) is 2.20.